The van der Waals surface area contributed by atoms with E-state index in [1.165, 1.54) is 34.4 Å². The number of rotatable bonds is 9. The van der Waals surface area contributed by atoms with Crippen molar-refractivity contribution in [2.24, 2.45) is 0 Å². The van der Waals surface area contributed by atoms with E-state index in [2.05, 4.69) is 57.0 Å². The number of hydrogen-bond acceptors (Lipinski definition) is 4. The molecule has 196 valence electrons. The van der Waals surface area contributed by atoms with E-state index in [1.807, 2.05) is 25.1 Å². The van der Waals surface area contributed by atoms with E-state index in [0.717, 1.165) is 17.8 Å². The second-order valence-corrected chi connectivity index (χ2v) is 9.19. The molecule has 0 saturated heterocycles. The van der Waals surface area contributed by atoms with Gasteiger partial charge < -0.3 is 20.8 Å². The van der Waals surface area contributed by atoms with Crippen molar-refractivity contribution in [3.63, 3.8) is 0 Å². The van der Waals surface area contributed by atoms with Crippen LogP contribution in [0.3, 0.4) is 0 Å². The summed E-state index contributed by atoms with van der Waals surface area (Å²) in [6.45, 7) is 14.1. The summed E-state index contributed by atoms with van der Waals surface area (Å²) in [5, 5.41) is 27.2. The Morgan fingerprint density at radius 3 is 2.16 bits per heavy atom. The highest BCUT2D eigenvalue weighted by molar-refractivity contribution is 6.05. The van der Waals surface area contributed by atoms with Gasteiger partial charge in [-0.2, -0.15) is 0 Å². The fourth-order valence-electron chi connectivity index (χ4n) is 4.18. The van der Waals surface area contributed by atoms with Crippen molar-refractivity contribution in [2.45, 2.75) is 41.0 Å². The van der Waals surface area contributed by atoms with E-state index in [-0.39, 0.29) is 28.7 Å². The number of hydrogen-bond donors (Lipinski definition) is 4. The number of aromatic hydroxyl groups is 2. The topological polar surface area (TPSA) is 81.6 Å². The summed E-state index contributed by atoms with van der Waals surface area (Å²) in [5.41, 5.74) is 8.54. The molecule has 0 heterocycles. The Hall–Kier alpha value is -4.51. The van der Waals surface area contributed by atoms with Crippen LogP contribution < -0.4 is 10.6 Å². The zero-order chi connectivity index (χ0) is 27.8. The van der Waals surface area contributed by atoms with Crippen LogP contribution in [0.25, 0.3) is 11.1 Å². The van der Waals surface area contributed by atoms with Gasteiger partial charge in [-0.25, -0.2) is 0 Å². The molecule has 0 aliphatic rings. The number of aryl methyl sites for hydroxylation is 1. The number of allylic oxidation sites excluding steroid dienone is 7. The van der Waals surface area contributed by atoms with Crippen LogP contribution in [0.2, 0.25) is 0 Å². The van der Waals surface area contributed by atoms with Crippen molar-refractivity contribution >= 4 is 34.1 Å². The lowest BCUT2D eigenvalue weighted by atomic mass is 9.96. The van der Waals surface area contributed by atoms with Gasteiger partial charge in [0, 0.05) is 34.8 Å². The van der Waals surface area contributed by atoms with Crippen LogP contribution in [0.4, 0.5) is 17.1 Å². The summed E-state index contributed by atoms with van der Waals surface area (Å²) in [7, 11) is 0. The maximum atomic E-state index is 12.8. The number of nitrogens with one attached hydrogen (secondary N) is 2. The Balaban J connectivity index is 1.76. The highest BCUT2D eigenvalue weighted by atomic mass is 16.3. The summed E-state index contributed by atoms with van der Waals surface area (Å²) in [5.74, 6) is -0.655. The van der Waals surface area contributed by atoms with Crippen LogP contribution in [0.5, 0.6) is 11.5 Å². The Morgan fingerprint density at radius 1 is 0.947 bits per heavy atom. The number of carbonyl (C=O) groups excluding carboxylic acids is 1. The van der Waals surface area contributed by atoms with Crippen molar-refractivity contribution in [3.05, 3.63) is 113 Å². The normalized spacial score (nSPS) is 12.3. The Labute approximate surface area is 225 Å². The zero-order valence-electron chi connectivity index (χ0n) is 22.7. The van der Waals surface area contributed by atoms with Gasteiger partial charge in [-0.15, -0.1) is 0 Å². The third kappa shape index (κ3) is 6.62. The molecule has 0 unspecified atom stereocenters. The lowest BCUT2D eigenvalue weighted by molar-refractivity contribution is 0.102. The smallest absolute Gasteiger partial charge is 0.255 e. The number of phenolic OH excluding ortho intramolecular Hbond substituents is 2. The lowest BCUT2D eigenvalue weighted by Crippen LogP contribution is -2.11. The van der Waals surface area contributed by atoms with E-state index < -0.39 is 0 Å². The van der Waals surface area contributed by atoms with Crippen LogP contribution in [-0.4, -0.2) is 16.1 Å². The fraction of sp³-hybridized carbons (Fsp3) is 0.182. The standard InChI is InChI=1S/C33H36N2O3/c1-7-10-24(11-8-2)32-30(36)19-28(20-31(32)37)35-33(38)25-13-16-26(17-14-25)34-27-15-12-22(5)29(18-27)23(6)21(4)9-3/h7-8,10-20,34,36-37H,1,9H2,2-6H3,(H,35,38)/b11-8-,23-21-,24-10+. The van der Waals surface area contributed by atoms with Crippen molar-refractivity contribution in [2.75, 3.05) is 10.6 Å². The second kappa shape index (κ2) is 12.6. The third-order valence-electron chi connectivity index (χ3n) is 6.53. The van der Waals surface area contributed by atoms with E-state index in [0.29, 0.717) is 11.1 Å². The summed E-state index contributed by atoms with van der Waals surface area (Å²) >= 11 is 0. The molecule has 0 radical (unpaired) electrons. The van der Waals surface area contributed by atoms with Gasteiger partial charge in [0.25, 0.3) is 5.91 Å². The van der Waals surface area contributed by atoms with Crippen LogP contribution in [0.1, 0.15) is 61.2 Å². The number of amides is 1. The van der Waals surface area contributed by atoms with Crippen molar-refractivity contribution in [1.29, 1.82) is 0 Å². The van der Waals surface area contributed by atoms with Crippen LogP contribution in [0, 0.1) is 6.92 Å². The first-order valence-electron chi connectivity index (χ1n) is 12.7. The second-order valence-electron chi connectivity index (χ2n) is 9.19. The van der Waals surface area contributed by atoms with Gasteiger partial charge in [-0.1, -0.05) is 49.4 Å². The number of anilines is 3. The Kier molecular flexibility index (Phi) is 9.33. The van der Waals surface area contributed by atoms with Gasteiger partial charge in [0.15, 0.2) is 0 Å². The predicted octanol–water partition coefficient (Wildman–Crippen LogP) is 8.75. The average Bonchev–Trinajstić information content (AvgIpc) is 2.89. The van der Waals surface area contributed by atoms with Crippen molar-refractivity contribution < 1.29 is 15.0 Å². The van der Waals surface area contributed by atoms with Crippen molar-refractivity contribution in [3.8, 4) is 11.5 Å². The molecular weight excluding hydrogens is 472 g/mol. The van der Waals surface area contributed by atoms with Gasteiger partial charge in [0.1, 0.15) is 11.5 Å². The highest BCUT2D eigenvalue weighted by Gasteiger charge is 2.15. The minimum Gasteiger partial charge on any atom is -0.507 e. The number of carbonyl (C=O) groups is 1. The Morgan fingerprint density at radius 2 is 1.58 bits per heavy atom. The van der Waals surface area contributed by atoms with E-state index >= 15 is 0 Å². The Bertz CT molecular complexity index is 1400. The van der Waals surface area contributed by atoms with Gasteiger partial charge >= 0.3 is 0 Å². The first-order chi connectivity index (χ1) is 18.2. The molecule has 38 heavy (non-hydrogen) atoms. The SMILES string of the molecule is C=C/C=C(\C=C/C)c1c(O)cc(NC(=O)c2ccc(Nc3ccc(C)c(/C(C)=C(/C)CC)c3)cc2)cc1O. The first-order valence-corrected chi connectivity index (χ1v) is 12.7. The molecule has 1 amide bonds. The van der Waals surface area contributed by atoms with Crippen LogP contribution >= 0.6 is 0 Å². The molecule has 3 aromatic rings. The van der Waals surface area contributed by atoms with Crippen molar-refractivity contribution in [1.82, 2.24) is 0 Å². The van der Waals surface area contributed by atoms with Gasteiger partial charge in [-0.05, 0) is 92.8 Å². The highest BCUT2D eigenvalue weighted by Crippen LogP contribution is 2.37. The molecule has 0 spiro atoms. The first kappa shape index (κ1) is 28.1. The molecule has 0 bridgehead atoms. The zero-order valence-corrected chi connectivity index (χ0v) is 22.7. The molecule has 0 aliphatic carbocycles. The summed E-state index contributed by atoms with van der Waals surface area (Å²) in [4.78, 5) is 12.8. The third-order valence-corrected chi connectivity index (χ3v) is 6.53. The lowest BCUT2D eigenvalue weighted by Gasteiger charge is -2.14. The maximum absolute atomic E-state index is 12.8. The molecule has 0 saturated carbocycles. The van der Waals surface area contributed by atoms with Gasteiger partial charge in [0.2, 0.25) is 0 Å². The summed E-state index contributed by atoms with van der Waals surface area (Å²) in [6.07, 6.45) is 7.83. The van der Waals surface area contributed by atoms with E-state index in [9.17, 15) is 15.0 Å². The fourth-order valence-corrected chi connectivity index (χ4v) is 4.18. The molecule has 0 atom stereocenters. The number of benzene rings is 3. The monoisotopic (exact) mass is 508 g/mol. The van der Waals surface area contributed by atoms with Gasteiger partial charge in [0.05, 0.1) is 5.56 Å². The molecule has 4 N–H and O–H groups in total. The molecule has 3 aromatic carbocycles. The molecular formula is C33H36N2O3. The largest absolute Gasteiger partial charge is 0.507 e. The summed E-state index contributed by atoms with van der Waals surface area (Å²) in [6, 6.07) is 16.3. The van der Waals surface area contributed by atoms with E-state index in [4.69, 9.17) is 0 Å². The molecule has 0 aromatic heterocycles. The van der Waals surface area contributed by atoms with Crippen LogP contribution in [0.15, 0.2) is 91.1 Å². The molecule has 0 fully saturated rings. The summed E-state index contributed by atoms with van der Waals surface area (Å²) < 4.78 is 0. The molecule has 3 rings (SSSR count). The van der Waals surface area contributed by atoms with Crippen LogP contribution in [-0.2, 0) is 0 Å². The molecule has 5 nitrogen and oxygen atoms in total. The van der Waals surface area contributed by atoms with Gasteiger partial charge in [-0.3, -0.25) is 4.79 Å². The predicted molar refractivity (Wildman–Crippen MR) is 160 cm³/mol. The van der Waals surface area contributed by atoms with E-state index in [1.54, 1.807) is 36.4 Å². The molecule has 0 aliphatic heterocycles. The maximum Gasteiger partial charge on any atom is 0.255 e. The quantitative estimate of drug-likeness (QED) is 0.218. The molecule has 5 heteroatoms. The minimum absolute atomic E-state index is 0.150. The number of phenols is 2. The minimum atomic E-state index is -0.355. The average molecular weight is 509 g/mol.